The van der Waals surface area contributed by atoms with Crippen LogP contribution in [0.25, 0.3) is 33.7 Å². The molecule has 0 unspecified atom stereocenters. The Kier molecular flexibility index (Phi) is 14.0. The van der Waals surface area contributed by atoms with E-state index in [1.807, 2.05) is 0 Å². The Labute approximate surface area is 430 Å². The fourth-order valence-corrected chi connectivity index (χ4v) is 9.71. The predicted octanol–water partition coefficient (Wildman–Crippen LogP) is 3.89. The van der Waals surface area contributed by atoms with Crippen LogP contribution in [0.3, 0.4) is 0 Å². The summed E-state index contributed by atoms with van der Waals surface area (Å²) in [6, 6.07) is 18.2. The summed E-state index contributed by atoms with van der Waals surface area (Å²) in [6.45, 7) is 0.00603. The zero-order valence-electron chi connectivity index (χ0n) is 40.3. The van der Waals surface area contributed by atoms with Crippen LogP contribution < -0.4 is 26.7 Å². The largest absolute Gasteiger partial charge is 0.489 e. The summed E-state index contributed by atoms with van der Waals surface area (Å²) >= 11 is 0. The molecule has 10 rings (SSSR count). The molecule has 76 heavy (non-hydrogen) atoms. The number of aromatic nitrogens is 9. The summed E-state index contributed by atoms with van der Waals surface area (Å²) in [7, 11) is 0. The molecular weight excluding hydrogens is 985 g/mol. The smallest absolute Gasteiger partial charge is 0.336 e. The second kappa shape index (κ2) is 21.1. The van der Waals surface area contributed by atoms with Crippen LogP contribution in [0.1, 0.15) is 90.5 Å². The highest BCUT2D eigenvalue weighted by molar-refractivity contribution is 6.07. The number of nitrogens with zero attached hydrogens (tertiary/aromatic N) is 9. The maximum atomic E-state index is 13.9. The number of aromatic carboxylic acids is 2. The number of anilines is 3. The lowest BCUT2D eigenvalue weighted by atomic mass is 9.96. The number of aliphatic hydroxyl groups excluding tert-OH is 3. The third kappa shape index (κ3) is 10.2. The lowest BCUT2D eigenvalue weighted by Crippen LogP contribution is -2.34. The molecule has 0 amide bonds. The zero-order valence-corrected chi connectivity index (χ0v) is 40.3. The van der Waals surface area contributed by atoms with Gasteiger partial charge in [0.1, 0.15) is 48.0 Å². The van der Waals surface area contributed by atoms with Gasteiger partial charge in [0, 0.05) is 41.8 Å². The number of imidazole rings is 2. The molecule has 1 aliphatic carbocycles. The first-order chi connectivity index (χ1) is 36.6. The number of rotatable bonds is 19. The van der Waals surface area contributed by atoms with E-state index in [1.165, 1.54) is 53.9 Å². The van der Waals surface area contributed by atoms with E-state index in [4.69, 9.17) is 36.4 Å². The molecule has 1 saturated carbocycles. The third-order valence-electron chi connectivity index (χ3n) is 13.7. The molecule has 3 aromatic carbocycles. The van der Waals surface area contributed by atoms with E-state index in [2.05, 4.69) is 29.9 Å². The van der Waals surface area contributed by atoms with Crippen molar-refractivity contribution < 1.29 is 58.9 Å². The summed E-state index contributed by atoms with van der Waals surface area (Å²) in [5.41, 5.74) is 21.5. The number of carbonyl (C=O) groups excluding carboxylic acids is 2. The summed E-state index contributed by atoms with van der Waals surface area (Å²) in [6.07, 6.45) is 1.41. The SMILES string of the molecule is Nc1ccc(CCC(=O)c2cc(-c3nc(N)c4ncn([C@@H]5C[C@H](COc6cc(CCC(=O)c7ccccc7C(=O)O)ccn6)C[C@H]5O)c4n3)ccc2C(=O)O)cc1OC[C@H]1O[C@@H](n2cnc3c(N)ncnc32)[C@H](O)[C@@H]1O. The normalized spacial score (nSPS) is 20.3. The molecule has 2 fully saturated rings. The van der Waals surface area contributed by atoms with Crippen LogP contribution in [0, 0.1) is 5.92 Å². The Morgan fingerprint density at radius 1 is 0.658 bits per heavy atom. The molecule has 1 aliphatic heterocycles. The number of carbonyl (C=O) groups is 4. The van der Waals surface area contributed by atoms with Crippen molar-refractivity contribution >= 4 is 63.2 Å². The van der Waals surface area contributed by atoms with Crippen molar-refractivity contribution in [2.24, 2.45) is 5.92 Å². The van der Waals surface area contributed by atoms with Gasteiger partial charge in [-0.3, -0.25) is 14.2 Å². The minimum atomic E-state index is -1.37. The van der Waals surface area contributed by atoms with Crippen LogP contribution in [-0.4, -0.2) is 131 Å². The minimum Gasteiger partial charge on any atom is -0.489 e. The first-order valence-corrected chi connectivity index (χ1v) is 24.1. The zero-order chi connectivity index (χ0) is 53.4. The van der Waals surface area contributed by atoms with E-state index in [0.717, 1.165) is 5.56 Å². The van der Waals surface area contributed by atoms with E-state index in [9.17, 15) is 44.7 Å². The molecule has 8 aromatic rings. The van der Waals surface area contributed by atoms with Gasteiger partial charge in [-0.15, -0.1) is 0 Å². The second-order valence-corrected chi connectivity index (χ2v) is 18.6. The summed E-state index contributed by atoms with van der Waals surface area (Å²) < 4.78 is 21.2. The Balaban J connectivity index is 0.783. The van der Waals surface area contributed by atoms with Crippen molar-refractivity contribution in [3.05, 3.63) is 131 Å². The molecule has 0 radical (unpaired) electrons. The predicted molar refractivity (Wildman–Crippen MR) is 270 cm³/mol. The van der Waals surface area contributed by atoms with Crippen molar-refractivity contribution in [1.82, 2.24) is 44.0 Å². The van der Waals surface area contributed by atoms with Gasteiger partial charge in [-0.05, 0) is 79.1 Å². The van der Waals surface area contributed by atoms with E-state index in [1.54, 1.807) is 53.2 Å². The number of pyridine rings is 1. The molecule has 0 spiro atoms. The van der Waals surface area contributed by atoms with Crippen LogP contribution in [0.2, 0.25) is 0 Å². The molecule has 390 valence electrons. The fraction of sp³-hybridized carbons (Fsp3) is 0.288. The number of ether oxygens (including phenoxy) is 3. The molecule has 7 atom stereocenters. The number of fused-ring (bicyclic) bond motifs is 2. The number of hydrogen-bond donors (Lipinski definition) is 8. The summed E-state index contributed by atoms with van der Waals surface area (Å²) in [4.78, 5) is 81.2. The number of ketones is 2. The van der Waals surface area contributed by atoms with Crippen LogP contribution in [0.15, 0.2) is 98.0 Å². The Bertz CT molecular complexity index is 3550. The molecule has 6 heterocycles. The Morgan fingerprint density at radius 2 is 1.36 bits per heavy atom. The number of nitrogens with two attached hydrogens (primary N) is 3. The highest BCUT2D eigenvalue weighted by atomic mass is 16.6. The average Bonchev–Trinajstić information content (AvgIpc) is 4.24. The van der Waals surface area contributed by atoms with Crippen LogP contribution in [-0.2, 0) is 17.6 Å². The average molecular weight is 1040 g/mol. The third-order valence-corrected chi connectivity index (χ3v) is 13.7. The first-order valence-electron chi connectivity index (χ1n) is 24.1. The highest BCUT2D eigenvalue weighted by Crippen LogP contribution is 2.38. The second-order valence-electron chi connectivity index (χ2n) is 18.6. The number of nitrogen functional groups attached to an aromatic ring is 3. The van der Waals surface area contributed by atoms with Gasteiger partial charge in [0.25, 0.3) is 0 Å². The first kappa shape index (κ1) is 50.6. The van der Waals surface area contributed by atoms with Gasteiger partial charge < -0.3 is 61.5 Å². The van der Waals surface area contributed by atoms with Gasteiger partial charge >= 0.3 is 11.9 Å². The molecule has 24 nitrogen and oxygen atoms in total. The number of Topliss-reactive ketones (excluding diaryl/α,β-unsaturated/α-hetero) is 2. The van der Waals surface area contributed by atoms with Crippen LogP contribution in [0.5, 0.6) is 11.6 Å². The maximum absolute atomic E-state index is 13.9. The number of hydrogen-bond acceptors (Lipinski definition) is 20. The van der Waals surface area contributed by atoms with Crippen molar-refractivity contribution in [2.45, 2.75) is 75.2 Å². The van der Waals surface area contributed by atoms with E-state index in [0.29, 0.717) is 53.1 Å². The minimum absolute atomic E-state index is 0.0268. The number of aliphatic hydroxyl groups is 3. The molecule has 5 aromatic heterocycles. The standard InChI is InChI=1S/C52H50N12O12/c53-33-10-5-25(17-38(33)74-21-39-43(68)44(69)50(76-39)64-24-60-41-45(54)57-22-58-48(41)64)6-12-36(66)32-19-28(8-9-31(32)52(72)73)47-61-46(55)42-49(62-47)63(23-59-42)34-15-27(16-37(34)67)20-75-40-18-26(13-14-56-40)7-11-35(65)29-3-1-2-4-30(29)51(70)71/h1-5,8-10,13-14,17-19,22-24,27,34,37,39,43-44,50,67-69H,6-7,11-12,15-16,20-21,53H2,(H,70,71)(H,72,73)(H2,54,57,58)(H2,55,61,62)/t27-,34+,37+,39+,43+,44+,50+/m0/s1. The molecule has 11 N–H and O–H groups in total. The van der Waals surface area contributed by atoms with Gasteiger partial charge in [-0.2, -0.15) is 0 Å². The van der Waals surface area contributed by atoms with Gasteiger partial charge in [-0.1, -0.05) is 30.3 Å². The summed E-state index contributed by atoms with van der Waals surface area (Å²) in [5.74, 6) is -2.57. The topological polar surface area (TPSA) is 375 Å². The summed E-state index contributed by atoms with van der Waals surface area (Å²) in [5, 5.41) is 52.8. The number of carboxylic acid groups (broad SMARTS) is 2. The number of carboxylic acids is 2. The number of aryl methyl sites for hydroxylation is 2. The lowest BCUT2D eigenvalue weighted by Gasteiger charge is -2.17. The van der Waals surface area contributed by atoms with E-state index < -0.39 is 54.4 Å². The van der Waals surface area contributed by atoms with E-state index >= 15 is 0 Å². The van der Waals surface area contributed by atoms with Gasteiger partial charge in [0.2, 0.25) is 5.88 Å². The molecule has 2 aliphatic rings. The fourth-order valence-electron chi connectivity index (χ4n) is 9.71. The number of benzene rings is 3. The van der Waals surface area contributed by atoms with Crippen molar-refractivity contribution in [3.63, 3.8) is 0 Å². The molecule has 0 bridgehead atoms. The van der Waals surface area contributed by atoms with Crippen LogP contribution >= 0.6 is 0 Å². The Morgan fingerprint density at radius 3 is 2.12 bits per heavy atom. The van der Waals surface area contributed by atoms with Crippen LogP contribution in [0.4, 0.5) is 17.3 Å². The van der Waals surface area contributed by atoms with Crippen molar-refractivity contribution in [1.29, 1.82) is 0 Å². The monoisotopic (exact) mass is 1030 g/mol. The lowest BCUT2D eigenvalue weighted by molar-refractivity contribution is -0.0473. The van der Waals surface area contributed by atoms with E-state index in [-0.39, 0.29) is 101 Å². The maximum Gasteiger partial charge on any atom is 0.336 e. The van der Waals surface area contributed by atoms with Gasteiger partial charge in [0.15, 0.2) is 46.5 Å². The molecular formula is C52H50N12O12. The van der Waals surface area contributed by atoms with Crippen molar-refractivity contribution in [2.75, 3.05) is 30.4 Å². The van der Waals surface area contributed by atoms with Crippen molar-refractivity contribution in [3.8, 4) is 23.0 Å². The highest BCUT2D eigenvalue weighted by Gasteiger charge is 2.45. The quantitative estimate of drug-likeness (QED) is 0.0420. The molecule has 1 saturated heterocycles. The van der Waals surface area contributed by atoms with Gasteiger partial charge in [-0.25, -0.2) is 44.5 Å². The Hall–Kier alpha value is -8.97. The molecule has 24 heteroatoms. The van der Waals surface area contributed by atoms with Gasteiger partial charge in [0.05, 0.1) is 48.2 Å².